The molecule has 1 N–H and O–H groups in total. The minimum atomic E-state index is -3.66. The number of aromatic nitrogens is 3. The molecule has 0 aliphatic rings. The number of carbonyl (C=O) groups excluding carboxylic acids is 1. The number of benzene rings is 1. The largest absolute Gasteiger partial charge is 0.497 e. The van der Waals surface area contributed by atoms with Crippen molar-refractivity contribution in [2.45, 2.75) is 38.1 Å². The second-order valence-electron chi connectivity index (χ2n) is 7.46. The van der Waals surface area contributed by atoms with Crippen molar-refractivity contribution in [3.63, 3.8) is 0 Å². The summed E-state index contributed by atoms with van der Waals surface area (Å²) in [6, 6.07) is 11.3. The first-order chi connectivity index (χ1) is 15.6. The third kappa shape index (κ3) is 4.97. The highest BCUT2D eigenvalue weighted by atomic mass is 32.2. The van der Waals surface area contributed by atoms with Crippen LogP contribution in [0.4, 0.5) is 5.13 Å². The van der Waals surface area contributed by atoms with Gasteiger partial charge in [0.2, 0.25) is 15.0 Å². The molecular weight excluding hydrogens is 462 g/mol. The van der Waals surface area contributed by atoms with Gasteiger partial charge < -0.3 is 9.30 Å². The standard InChI is InChI=1S/C22H23N5O4S2/c1-13(2)33(29,30)22-25-21(32-26-22)24-20(28)17(12-23)11-16-10-14(3)27(15(16)4)18-6-8-19(31-5)9-7-18/h6-11,13H,1-5H3,(H,24,25,26,28). The summed E-state index contributed by atoms with van der Waals surface area (Å²) in [7, 11) is -2.06. The van der Waals surface area contributed by atoms with Crippen LogP contribution in [0, 0.1) is 25.2 Å². The maximum absolute atomic E-state index is 12.7. The molecule has 1 amide bonds. The average Bonchev–Trinajstić information content (AvgIpc) is 3.36. The Bertz CT molecular complexity index is 1360. The van der Waals surface area contributed by atoms with Gasteiger partial charge in [-0.3, -0.25) is 10.1 Å². The second-order valence-corrected chi connectivity index (χ2v) is 10.6. The maximum Gasteiger partial charge on any atom is 0.268 e. The van der Waals surface area contributed by atoms with Crippen LogP contribution in [0.25, 0.3) is 11.8 Å². The van der Waals surface area contributed by atoms with Gasteiger partial charge in [-0.05, 0) is 69.7 Å². The molecule has 0 aliphatic heterocycles. The summed E-state index contributed by atoms with van der Waals surface area (Å²) in [5, 5.41) is 11.0. The molecule has 3 aromatic rings. The topological polar surface area (TPSA) is 127 Å². The number of nitriles is 1. The SMILES string of the molecule is COc1ccc(-n2c(C)cc(C=C(C#N)C(=O)Nc3nc(S(=O)(=O)C(C)C)ns3)c2C)cc1. The molecule has 11 heteroatoms. The molecule has 2 heterocycles. The van der Waals surface area contributed by atoms with Crippen LogP contribution in [0.5, 0.6) is 5.75 Å². The van der Waals surface area contributed by atoms with Crippen molar-refractivity contribution in [2.24, 2.45) is 0 Å². The van der Waals surface area contributed by atoms with Crippen LogP contribution < -0.4 is 10.1 Å². The average molecular weight is 486 g/mol. The molecule has 0 aliphatic carbocycles. The van der Waals surface area contributed by atoms with E-state index in [0.717, 1.165) is 34.4 Å². The van der Waals surface area contributed by atoms with E-state index in [1.54, 1.807) is 7.11 Å². The maximum atomic E-state index is 12.7. The van der Waals surface area contributed by atoms with Gasteiger partial charge in [-0.15, -0.1) is 0 Å². The molecule has 2 aromatic heterocycles. The fourth-order valence-electron chi connectivity index (χ4n) is 3.12. The Labute approximate surface area is 196 Å². The number of aryl methyl sites for hydroxylation is 1. The van der Waals surface area contributed by atoms with Gasteiger partial charge in [-0.2, -0.15) is 14.6 Å². The van der Waals surface area contributed by atoms with Gasteiger partial charge in [0.25, 0.3) is 11.1 Å². The Morgan fingerprint density at radius 3 is 2.52 bits per heavy atom. The van der Waals surface area contributed by atoms with Crippen LogP contribution in [0.2, 0.25) is 0 Å². The molecule has 3 rings (SSSR count). The van der Waals surface area contributed by atoms with Gasteiger partial charge >= 0.3 is 0 Å². The fourth-order valence-corrected chi connectivity index (χ4v) is 4.81. The highest BCUT2D eigenvalue weighted by molar-refractivity contribution is 7.91. The summed E-state index contributed by atoms with van der Waals surface area (Å²) >= 11 is 0.743. The molecule has 0 fully saturated rings. The number of rotatable bonds is 7. The number of hydrogen-bond acceptors (Lipinski definition) is 8. The summed E-state index contributed by atoms with van der Waals surface area (Å²) in [4.78, 5) is 16.5. The van der Waals surface area contributed by atoms with Gasteiger partial charge in [0.1, 0.15) is 17.4 Å². The lowest BCUT2D eigenvalue weighted by molar-refractivity contribution is -0.112. The van der Waals surface area contributed by atoms with Gasteiger partial charge in [0, 0.05) is 28.6 Å². The summed E-state index contributed by atoms with van der Waals surface area (Å²) in [6.45, 7) is 6.86. The summed E-state index contributed by atoms with van der Waals surface area (Å²) in [6.07, 6.45) is 1.49. The number of nitrogens with one attached hydrogen (secondary N) is 1. The predicted molar refractivity (Wildman–Crippen MR) is 126 cm³/mol. The third-order valence-corrected chi connectivity index (χ3v) is 7.65. The van der Waals surface area contributed by atoms with E-state index in [9.17, 15) is 18.5 Å². The molecule has 0 saturated heterocycles. The second kappa shape index (κ2) is 9.56. The zero-order chi connectivity index (χ0) is 24.3. The normalized spacial score (nSPS) is 12.0. The van der Waals surface area contributed by atoms with Crippen LogP contribution in [-0.4, -0.2) is 40.6 Å². The summed E-state index contributed by atoms with van der Waals surface area (Å²) in [5.74, 6) is 0.0437. The number of nitrogens with zero attached hydrogens (tertiary/aromatic N) is 4. The number of methoxy groups -OCH3 is 1. The van der Waals surface area contributed by atoms with Crippen LogP contribution in [0.3, 0.4) is 0 Å². The lowest BCUT2D eigenvalue weighted by Gasteiger charge is -2.10. The predicted octanol–water partition coefficient (Wildman–Crippen LogP) is 3.68. The summed E-state index contributed by atoms with van der Waals surface area (Å²) in [5.41, 5.74) is 3.25. The summed E-state index contributed by atoms with van der Waals surface area (Å²) < 4.78 is 35.4. The van der Waals surface area contributed by atoms with E-state index in [2.05, 4.69) is 14.7 Å². The molecule has 9 nitrogen and oxygen atoms in total. The zero-order valence-corrected chi connectivity index (χ0v) is 20.4. The van der Waals surface area contributed by atoms with Crippen molar-refractivity contribution >= 4 is 38.5 Å². The quantitative estimate of drug-likeness (QED) is 0.399. The number of ether oxygens (including phenoxy) is 1. The minimum absolute atomic E-state index is 0.00378. The highest BCUT2D eigenvalue weighted by Gasteiger charge is 2.25. The Balaban J connectivity index is 1.87. The smallest absolute Gasteiger partial charge is 0.268 e. The van der Waals surface area contributed by atoms with E-state index in [1.165, 1.54) is 19.9 Å². The van der Waals surface area contributed by atoms with Crippen molar-refractivity contribution in [3.05, 3.63) is 52.9 Å². The third-order valence-electron chi connectivity index (χ3n) is 4.97. The first-order valence-corrected chi connectivity index (χ1v) is 12.2. The Hall–Kier alpha value is -3.49. The molecule has 172 valence electrons. The number of amides is 1. The van der Waals surface area contributed by atoms with Gasteiger partial charge in [-0.25, -0.2) is 8.42 Å². The first-order valence-electron chi connectivity index (χ1n) is 9.92. The monoisotopic (exact) mass is 485 g/mol. The number of carbonyl (C=O) groups is 1. The Kier molecular flexibility index (Phi) is 7.00. The molecular formula is C22H23N5O4S2. The molecule has 0 unspecified atom stereocenters. The molecule has 1 aromatic carbocycles. The molecule has 0 radical (unpaired) electrons. The van der Waals surface area contributed by atoms with Crippen molar-refractivity contribution in [3.8, 4) is 17.5 Å². The Morgan fingerprint density at radius 2 is 1.94 bits per heavy atom. The van der Waals surface area contributed by atoms with Crippen LogP contribution in [0.15, 0.2) is 41.1 Å². The number of hydrogen-bond donors (Lipinski definition) is 1. The minimum Gasteiger partial charge on any atom is -0.497 e. The molecule has 0 spiro atoms. The van der Waals surface area contributed by atoms with E-state index in [-0.39, 0.29) is 15.9 Å². The lowest BCUT2D eigenvalue weighted by atomic mass is 10.1. The van der Waals surface area contributed by atoms with Gasteiger partial charge in [-0.1, -0.05) is 0 Å². The molecule has 0 saturated carbocycles. The Morgan fingerprint density at radius 1 is 1.27 bits per heavy atom. The van der Waals surface area contributed by atoms with Crippen LogP contribution in [-0.2, 0) is 14.6 Å². The fraction of sp³-hybridized carbons (Fsp3) is 0.273. The van der Waals surface area contributed by atoms with E-state index < -0.39 is 21.0 Å². The van der Waals surface area contributed by atoms with Crippen LogP contribution in [0.1, 0.15) is 30.8 Å². The number of sulfone groups is 1. The van der Waals surface area contributed by atoms with Crippen molar-refractivity contribution in [1.82, 2.24) is 13.9 Å². The van der Waals surface area contributed by atoms with Crippen molar-refractivity contribution < 1.29 is 17.9 Å². The molecule has 33 heavy (non-hydrogen) atoms. The highest BCUT2D eigenvalue weighted by Crippen LogP contribution is 2.25. The van der Waals surface area contributed by atoms with E-state index in [4.69, 9.17) is 4.74 Å². The zero-order valence-electron chi connectivity index (χ0n) is 18.8. The number of anilines is 1. The molecule has 0 atom stereocenters. The van der Waals surface area contributed by atoms with Crippen molar-refractivity contribution in [2.75, 3.05) is 12.4 Å². The van der Waals surface area contributed by atoms with Crippen LogP contribution >= 0.6 is 11.5 Å². The van der Waals surface area contributed by atoms with Gasteiger partial charge in [0.15, 0.2) is 0 Å². The van der Waals surface area contributed by atoms with Crippen molar-refractivity contribution in [1.29, 1.82) is 5.26 Å². The van der Waals surface area contributed by atoms with E-state index in [1.807, 2.05) is 54.8 Å². The lowest BCUT2D eigenvalue weighted by Crippen LogP contribution is -2.16. The van der Waals surface area contributed by atoms with E-state index >= 15 is 0 Å². The van der Waals surface area contributed by atoms with E-state index in [0.29, 0.717) is 5.56 Å². The first kappa shape index (κ1) is 24.2. The molecule has 0 bridgehead atoms. The van der Waals surface area contributed by atoms with Gasteiger partial charge in [0.05, 0.1) is 12.4 Å².